The van der Waals surface area contributed by atoms with E-state index in [1.54, 1.807) is 20.8 Å². The Hall–Kier alpha value is -3.44. The highest BCUT2D eigenvalue weighted by Crippen LogP contribution is 2.36. The van der Waals surface area contributed by atoms with Crippen LogP contribution >= 0.6 is 0 Å². The topological polar surface area (TPSA) is 190 Å². The van der Waals surface area contributed by atoms with Gasteiger partial charge in [0.05, 0.1) is 30.4 Å². The van der Waals surface area contributed by atoms with Gasteiger partial charge in [-0.05, 0) is 47.8 Å². The quantitative estimate of drug-likeness (QED) is 0.165. The van der Waals surface area contributed by atoms with Gasteiger partial charge in [0.2, 0.25) is 32.7 Å². The summed E-state index contributed by atoms with van der Waals surface area (Å²) in [6, 6.07) is 11.5. The molecule has 0 saturated carbocycles. The van der Waals surface area contributed by atoms with Crippen molar-refractivity contribution in [3.63, 3.8) is 0 Å². The van der Waals surface area contributed by atoms with Crippen LogP contribution in [0.25, 0.3) is 0 Å². The van der Waals surface area contributed by atoms with Crippen LogP contribution in [0.3, 0.4) is 0 Å². The summed E-state index contributed by atoms with van der Waals surface area (Å²) in [7, 11) is -6.38. The van der Waals surface area contributed by atoms with E-state index in [4.69, 9.17) is 14.2 Å². The molecule has 0 fully saturated rings. The number of sulfonamides is 2. The number of fused-ring (bicyclic) bond motifs is 1. The minimum Gasteiger partial charge on any atom is -0.454 e. The van der Waals surface area contributed by atoms with E-state index in [0.29, 0.717) is 25.0 Å². The number of aliphatic hydroxyl groups excluding tert-OH is 1. The van der Waals surface area contributed by atoms with E-state index >= 15 is 0 Å². The van der Waals surface area contributed by atoms with Gasteiger partial charge in [0, 0.05) is 25.7 Å². The normalized spacial score (nSPS) is 15.3. The van der Waals surface area contributed by atoms with Crippen LogP contribution in [0.5, 0.6) is 11.5 Å². The second-order valence-electron chi connectivity index (χ2n) is 14.4. The number of carbonyl (C=O) groups excluding carboxylic acids is 2. The lowest BCUT2D eigenvalue weighted by Crippen LogP contribution is -2.59. The lowest BCUT2D eigenvalue weighted by Gasteiger charge is -2.36. The Bertz CT molecular complexity index is 1660. The fourth-order valence-electron chi connectivity index (χ4n) is 5.58. The predicted molar refractivity (Wildman–Crippen MR) is 189 cm³/mol. The van der Waals surface area contributed by atoms with Gasteiger partial charge in [-0.25, -0.2) is 26.4 Å². The maximum Gasteiger partial charge on any atom is 0.407 e. The van der Waals surface area contributed by atoms with Gasteiger partial charge >= 0.3 is 6.09 Å². The van der Waals surface area contributed by atoms with Crippen LogP contribution in [0.1, 0.15) is 59.4 Å². The number of unbranched alkanes of at least 4 members (excludes halogenated alkanes) is 1. The van der Waals surface area contributed by atoms with E-state index in [0.717, 1.165) is 11.8 Å². The molecule has 1 heterocycles. The molecule has 0 radical (unpaired) electrons. The molecule has 1 aliphatic rings. The van der Waals surface area contributed by atoms with E-state index in [1.807, 2.05) is 44.2 Å². The van der Waals surface area contributed by atoms with Crippen molar-refractivity contribution in [3.8, 4) is 11.5 Å². The second kappa shape index (κ2) is 17.2. The zero-order valence-electron chi connectivity index (χ0n) is 29.9. The lowest BCUT2D eigenvalue weighted by atomic mass is 9.85. The van der Waals surface area contributed by atoms with Gasteiger partial charge in [0.15, 0.2) is 11.5 Å². The number of benzene rings is 2. The number of ether oxygens (including phenoxy) is 3. The van der Waals surface area contributed by atoms with Gasteiger partial charge in [-0.3, -0.25) is 4.79 Å². The molecule has 0 saturated heterocycles. The summed E-state index contributed by atoms with van der Waals surface area (Å²) >= 11 is 0. The van der Waals surface area contributed by atoms with E-state index in [9.17, 15) is 31.5 Å². The molecule has 3 atom stereocenters. The van der Waals surface area contributed by atoms with E-state index < -0.39 is 61.1 Å². The molecule has 50 heavy (non-hydrogen) atoms. The summed E-state index contributed by atoms with van der Waals surface area (Å²) in [5.74, 6) is 0.124. The van der Waals surface area contributed by atoms with Crippen LogP contribution < -0.4 is 24.8 Å². The second-order valence-corrected chi connectivity index (χ2v) is 18.2. The fourth-order valence-corrected chi connectivity index (χ4v) is 7.76. The number of amides is 2. The molecule has 0 unspecified atom stereocenters. The third-order valence-electron chi connectivity index (χ3n) is 8.29. The van der Waals surface area contributed by atoms with Crippen molar-refractivity contribution in [2.75, 3.05) is 39.8 Å². The molecular formula is C34H52N4O10S2. The monoisotopic (exact) mass is 740 g/mol. The number of methoxy groups -OCH3 is 1. The van der Waals surface area contributed by atoms with Gasteiger partial charge in [-0.2, -0.15) is 4.31 Å². The molecule has 3 rings (SSSR count). The molecule has 4 N–H and O–H groups in total. The Morgan fingerprint density at radius 1 is 0.960 bits per heavy atom. The molecule has 2 amide bonds. The highest BCUT2D eigenvalue weighted by atomic mass is 32.2. The standard InChI is InChI=1S/C34H52N4O10S2/c1-33(2,3)30(37-32(41)46-6)31(40)36-26(19-24-13-9-8-10-14-24)27(39)21-38(22-34(4,5)17-11-12-18-35-49(7,42)43)50(44,45)25-15-16-28-29(20-25)48-23-47-28/h8-10,13-16,20,26-27,30,35,39H,11-12,17-19,21-23H2,1-7H3,(H,36,40)(H,37,41)/t26-,27+,30+/m0/s1. The molecule has 0 bridgehead atoms. The average molecular weight is 741 g/mol. The first-order chi connectivity index (χ1) is 23.2. The molecule has 0 aliphatic carbocycles. The predicted octanol–water partition coefficient (Wildman–Crippen LogP) is 3.01. The maximum absolute atomic E-state index is 14.3. The van der Waals surface area contributed by atoms with Crippen molar-refractivity contribution >= 4 is 32.0 Å². The smallest absolute Gasteiger partial charge is 0.407 e. The summed E-state index contributed by atoms with van der Waals surface area (Å²) in [5, 5.41) is 17.3. The van der Waals surface area contributed by atoms with Gasteiger partial charge in [0.1, 0.15) is 6.04 Å². The van der Waals surface area contributed by atoms with Crippen LogP contribution in [0.2, 0.25) is 0 Å². The van der Waals surface area contributed by atoms with Crippen molar-refractivity contribution in [3.05, 3.63) is 54.1 Å². The third kappa shape index (κ3) is 12.4. The number of nitrogens with one attached hydrogen (secondary N) is 3. The number of alkyl carbamates (subject to hydrolysis) is 1. The highest BCUT2D eigenvalue weighted by molar-refractivity contribution is 7.89. The van der Waals surface area contributed by atoms with Gasteiger partial charge < -0.3 is 30.0 Å². The third-order valence-corrected chi connectivity index (χ3v) is 10.8. The van der Waals surface area contributed by atoms with Crippen molar-refractivity contribution in [1.29, 1.82) is 0 Å². The summed E-state index contributed by atoms with van der Waals surface area (Å²) < 4.78 is 70.8. The summed E-state index contributed by atoms with van der Waals surface area (Å²) in [5.41, 5.74) is -0.553. The Morgan fingerprint density at radius 3 is 2.24 bits per heavy atom. The first kappa shape index (κ1) is 41.0. The minimum absolute atomic E-state index is 0.000849. The number of carbonyl (C=O) groups is 2. The average Bonchev–Trinajstić information content (AvgIpc) is 3.50. The number of rotatable bonds is 18. The molecule has 16 heteroatoms. The van der Waals surface area contributed by atoms with Gasteiger partial charge in [0.25, 0.3) is 0 Å². The Balaban J connectivity index is 1.94. The molecular weight excluding hydrogens is 689 g/mol. The molecule has 0 spiro atoms. The highest BCUT2D eigenvalue weighted by Gasteiger charge is 2.38. The SMILES string of the molecule is COC(=O)N[C@H](C(=O)N[C@@H](Cc1ccccc1)[C@H](O)CN(CC(C)(C)CCCCNS(C)(=O)=O)S(=O)(=O)c1ccc2c(c1)OCO2)C(C)(C)C. The largest absolute Gasteiger partial charge is 0.454 e. The molecule has 2 aromatic carbocycles. The van der Waals surface area contributed by atoms with E-state index in [2.05, 4.69) is 15.4 Å². The van der Waals surface area contributed by atoms with Crippen molar-refractivity contribution in [2.45, 2.75) is 83.4 Å². The zero-order valence-corrected chi connectivity index (χ0v) is 31.5. The number of hydrogen-bond acceptors (Lipinski definition) is 10. The Kier molecular flexibility index (Phi) is 14.1. The number of hydrogen-bond donors (Lipinski definition) is 4. The van der Waals surface area contributed by atoms with Crippen LogP contribution in [-0.4, -0.2) is 96.2 Å². The molecule has 1 aliphatic heterocycles. The van der Waals surface area contributed by atoms with Crippen molar-refractivity contribution in [1.82, 2.24) is 19.7 Å². The Labute approximate surface area is 296 Å². The van der Waals surface area contributed by atoms with E-state index in [-0.39, 0.29) is 43.5 Å². The van der Waals surface area contributed by atoms with Crippen LogP contribution in [-0.2, 0) is 36.0 Å². The molecule has 0 aromatic heterocycles. The van der Waals surface area contributed by atoms with Crippen LogP contribution in [0, 0.1) is 10.8 Å². The van der Waals surface area contributed by atoms with Gasteiger partial charge in [-0.1, -0.05) is 71.4 Å². The summed E-state index contributed by atoms with van der Waals surface area (Å²) in [4.78, 5) is 25.8. The summed E-state index contributed by atoms with van der Waals surface area (Å²) in [6.45, 7) is 8.97. The first-order valence-electron chi connectivity index (χ1n) is 16.4. The lowest BCUT2D eigenvalue weighted by molar-refractivity contribution is -0.127. The Morgan fingerprint density at radius 2 is 1.62 bits per heavy atom. The molecule has 2 aromatic rings. The summed E-state index contributed by atoms with van der Waals surface area (Å²) in [6.07, 6.45) is 0.785. The maximum atomic E-state index is 14.3. The minimum atomic E-state index is -4.24. The van der Waals surface area contributed by atoms with Crippen molar-refractivity contribution < 1.29 is 45.7 Å². The first-order valence-corrected chi connectivity index (χ1v) is 19.8. The fraction of sp³-hybridized carbons (Fsp3) is 0.588. The number of aliphatic hydroxyl groups is 1. The number of nitrogens with zero attached hydrogens (tertiary/aromatic N) is 1. The van der Waals surface area contributed by atoms with E-state index in [1.165, 1.54) is 29.6 Å². The van der Waals surface area contributed by atoms with Crippen molar-refractivity contribution in [2.24, 2.45) is 10.8 Å². The van der Waals surface area contributed by atoms with Crippen LogP contribution in [0.15, 0.2) is 53.4 Å². The van der Waals surface area contributed by atoms with Crippen LogP contribution in [0.4, 0.5) is 4.79 Å². The zero-order chi connectivity index (χ0) is 37.3. The molecule has 280 valence electrons. The molecule has 14 nitrogen and oxygen atoms in total. The van der Waals surface area contributed by atoms with Gasteiger partial charge in [-0.15, -0.1) is 0 Å².